The molecule has 0 aliphatic carbocycles. The van der Waals surface area contributed by atoms with Crippen molar-refractivity contribution in [2.45, 2.75) is 34.6 Å². The van der Waals surface area contributed by atoms with Crippen LogP contribution in [0.2, 0.25) is 0 Å². The fourth-order valence-electron chi connectivity index (χ4n) is 3.11. The smallest absolute Gasteiger partial charge is 0.370 e. The lowest BCUT2D eigenvalue weighted by molar-refractivity contribution is -0.0436. The van der Waals surface area contributed by atoms with Gasteiger partial charge in [0, 0.05) is 13.1 Å². The van der Waals surface area contributed by atoms with Crippen LogP contribution in [0.25, 0.3) is 0 Å². The molecule has 1 heterocycles. The molecule has 11 heteroatoms. The molecule has 0 saturated carbocycles. The number of para-hydroxylation sites is 2. The Morgan fingerprint density at radius 3 is 1.93 bits per heavy atom. The number of hydrogen-bond donors (Lipinski definition) is 1. The number of hydrogen-bond acceptors (Lipinski definition) is 5. The number of nitrogens with one attached hydrogen (secondary N) is 1. The van der Waals surface area contributed by atoms with Crippen molar-refractivity contribution >= 4 is 31.2 Å². The minimum atomic E-state index is -5.54. The van der Waals surface area contributed by atoms with Gasteiger partial charge < -0.3 is 4.90 Å². The molecule has 2 aromatic rings. The van der Waals surface area contributed by atoms with Gasteiger partial charge in [-0.05, 0) is 55.7 Å². The zero-order valence-corrected chi connectivity index (χ0v) is 16.8. The van der Waals surface area contributed by atoms with E-state index in [4.69, 9.17) is 0 Å². The number of sulfone groups is 1. The summed E-state index contributed by atoms with van der Waals surface area (Å²) >= 11 is 0. The third kappa shape index (κ3) is 4.50. The molecule has 0 amide bonds. The predicted octanol–water partition coefficient (Wildman–Crippen LogP) is 3.77. The fourth-order valence-corrected chi connectivity index (χ4v) is 4.94. The Balaban J connectivity index is 1.88. The van der Waals surface area contributed by atoms with Gasteiger partial charge >= 0.3 is 5.51 Å². The molecule has 1 N–H and O–H groups in total. The molecule has 158 valence electrons. The number of nitrogens with zero attached hydrogens (tertiary/aromatic N) is 1. The van der Waals surface area contributed by atoms with Crippen molar-refractivity contribution in [2.75, 3.05) is 22.7 Å². The van der Waals surface area contributed by atoms with E-state index in [1.807, 2.05) is 0 Å². The van der Waals surface area contributed by atoms with Crippen LogP contribution in [0.1, 0.15) is 19.3 Å². The summed E-state index contributed by atoms with van der Waals surface area (Å²) in [6, 6.07) is 9.80. The van der Waals surface area contributed by atoms with E-state index in [-0.39, 0.29) is 4.90 Å². The summed E-state index contributed by atoms with van der Waals surface area (Å²) in [5, 5.41) is 0. The van der Waals surface area contributed by atoms with Gasteiger partial charge in [-0.2, -0.15) is 13.2 Å². The van der Waals surface area contributed by atoms with Crippen LogP contribution in [0, 0.1) is 0 Å². The van der Waals surface area contributed by atoms with E-state index in [1.54, 1.807) is 24.3 Å². The van der Waals surface area contributed by atoms with Crippen LogP contribution in [0.3, 0.4) is 0 Å². The van der Waals surface area contributed by atoms with Crippen LogP contribution in [0.15, 0.2) is 58.3 Å². The Kier molecular flexibility index (Phi) is 5.81. The Bertz CT molecular complexity index is 1080. The highest BCUT2D eigenvalue weighted by Crippen LogP contribution is 2.32. The third-order valence-electron chi connectivity index (χ3n) is 4.59. The highest BCUT2D eigenvalue weighted by Gasteiger charge is 2.46. The number of alkyl halides is 3. The minimum Gasteiger partial charge on any atom is -0.370 e. The highest BCUT2D eigenvalue weighted by molar-refractivity contribution is 7.93. The summed E-state index contributed by atoms with van der Waals surface area (Å²) in [7, 11) is -9.67. The van der Waals surface area contributed by atoms with E-state index in [0.717, 1.165) is 44.5 Å². The monoisotopic (exact) mass is 448 g/mol. The lowest BCUT2D eigenvalue weighted by atomic mass is 10.1. The average molecular weight is 448 g/mol. The van der Waals surface area contributed by atoms with E-state index in [2.05, 4.69) is 9.62 Å². The van der Waals surface area contributed by atoms with Crippen molar-refractivity contribution in [1.82, 2.24) is 0 Å². The van der Waals surface area contributed by atoms with Gasteiger partial charge in [0.05, 0.1) is 21.2 Å². The van der Waals surface area contributed by atoms with E-state index in [0.29, 0.717) is 23.5 Å². The molecular weight excluding hydrogens is 429 g/mol. The molecule has 0 atom stereocenters. The molecule has 1 fully saturated rings. The first-order valence-electron chi connectivity index (χ1n) is 8.80. The van der Waals surface area contributed by atoms with E-state index in [1.165, 1.54) is 0 Å². The van der Waals surface area contributed by atoms with Crippen molar-refractivity contribution in [1.29, 1.82) is 0 Å². The number of rotatable bonds is 5. The maximum Gasteiger partial charge on any atom is 0.501 e. The van der Waals surface area contributed by atoms with Crippen molar-refractivity contribution in [3.8, 4) is 0 Å². The topological polar surface area (TPSA) is 83.6 Å². The number of benzene rings is 2. The zero-order chi connectivity index (χ0) is 21.3. The maximum absolute atomic E-state index is 12.7. The Morgan fingerprint density at radius 1 is 0.793 bits per heavy atom. The predicted molar refractivity (Wildman–Crippen MR) is 103 cm³/mol. The third-order valence-corrected chi connectivity index (χ3v) is 7.48. The van der Waals surface area contributed by atoms with Crippen LogP contribution in [0.5, 0.6) is 0 Å². The lowest BCUT2D eigenvalue weighted by Gasteiger charge is -2.30. The van der Waals surface area contributed by atoms with Gasteiger partial charge in [0.25, 0.3) is 19.9 Å². The Hall–Kier alpha value is -2.27. The van der Waals surface area contributed by atoms with Crippen LogP contribution >= 0.6 is 0 Å². The van der Waals surface area contributed by atoms with Gasteiger partial charge in [-0.1, -0.05) is 12.1 Å². The van der Waals surface area contributed by atoms with E-state index >= 15 is 0 Å². The van der Waals surface area contributed by atoms with Gasteiger partial charge in [0.1, 0.15) is 0 Å². The standard InChI is InChI=1S/C18H19F3N2O4S2/c19-18(20,21)28(24,25)14-8-10-15(11-9-14)29(26,27)22-16-6-2-3-7-17(16)23-12-4-1-5-13-23/h2-3,6-11,22H,1,4-5,12-13H2. The first-order chi connectivity index (χ1) is 13.5. The molecule has 1 saturated heterocycles. The van der Waals surface area contributed by atoms with Crippen molar-refractivity contribution < 1.29 is 30.0 Å². The Morgan fingerprint density at radius 2 is 1.34 bits per heavy atom. The zero-order valence-electron chi connectivity index (χ0n) is 15.2. The first kappa shape index (κ1) is 21.4. The van der Waals surface area contributed by atoms with Gasteiger partial charge in [-0.25, -0.2) is 16.8 Å². The molecule has 2 aromatic carbocycles. The molecule has 29 heavy (non-hydrogen) atoms. The van der Waals surface area contributed by atoms with Gasteiger partial charge in [0.2, 0.25) is 0 Å². The summed E-state index contributed by atoms with van der Waals surface area (Å²) in [5.41, 5.74) is -4.40. The normalized spacial score (nSPS) is 15.9. The molecule has 0 radical (unpaired) electrons. The fraction of sp³-hybridized carbons (Fsp3) is 0.333. The molecular formula is C18H19F3N2O4S2. The number of anilines is 2. The van der Waals surface area contributed by atoms with Crippen LogP contribution in [-0.2, 0) is 19.9 Å². The van der Waals surface area contributed by atoms with Crippen LogP contribution in [0.4, 0.5) is 24.5 Å². The van der Waals surface area contributed by atoms with Crippen molar-refractivity contribution in [2.24, 2.45) is 0 Å². The van der Waals surface area contributed by atoms with Gasteiger partial charge in [-0.15, -0.1) is 0 Å². The van der Waals surface area contributed by atoms with Crippen LogP contribution in [-0.4, -0.2) is 35.4 Å². The summed E-state index contributed by atoms with van der Waals surface area (Å²) in [4.78, 5) is 0.713. The Labute approximate surface area is 167 Å². The molecule has 0 unspecified atom stereocenters. The summed E-state index contributed by atoms with van der Waals surface area (Å²) in [5.74, 6) is 0. The summed E-state index contributed by atoms with van der Waals surface area (Å²) in [6.07, 6.45) is 3.10. The molecule has 6 nitrogen and oxygen atoms in total. The average Bonchev–Trinajstić information content (AvgIpc) is 2.68. The maximum atomic E-state index is 12.7. The number of halogens is 3. The molecule has 1 aliphatic rings. The second kappa shape index (κ2) is 7.86. The largest absolute Gasteiger partial charge is 0.501 e. The number of sulfonamides is 1. The summed E-state index contributed by atoms with van der Waals surface area (Å²) < 4.78 is 88.6. The van der Waals surface area contributed by atoms with Crippen molar-refractivity contribution in [3.05, 3.63) is 48.5 Å². The highest BCUT2D eigenvalue weighted by atomic mass is 32.2. The van der Waals surface area contributed by atoms with Gasteiger partial charge in [0.15, 0.2) is 0 Å². The van der Waals surface area contributed by atoms with E-state index < -0.39 is 30.3 Å². The molecule has 3 rings (SSSR count). The van der Waals surface area contributed by atoms with E-state index in [9.17, 15) is 30.0 Å². The quantitative estimate of drug-likeness (QED) is 0.753. The van der Waals surface area contributed by atoms with Crippen molar-refractivity contribution in [3.63, 3.8) is 0 Å². The second-order valence-corrected chi connectivity index (χ2v) is 10.2. The summed E-state index contributed by atoms with van der Waals surface area (Å²) in [6.45, 7) is 1.59. The van der Waals surface area contributed by atoms with Crippen LogP contribution < -0.4 is 9.62 Å². The second-order valence-electron chi connectivity index (χ2n) is 6.59. The SMILES string of the molecule is O=S(=O)(Nc1ccccc1N1CCCCC1)c1ccc(S(=O)(=O)C(F)(F)F)cc1. The minimum absolute atomic E-state index is 0.341. The molecule has 0 bridgehead atoms. The number of piperidine rings is 1. The molecule has 0 spiro atoms. The lowest BCUT2D eigenvalue weighted by Crippen LogP contribution is -2.30. The molecule has 0 aromatic heterocycles. The molecule has 1 aliphatic heterocycles. The van der Waals surface area contributed by atoms with Gasteiger partial charge in [-0.3, -0.25) is 4.72 Å². The first-order valence-corrected chi connectivity index (χ1v) is 11.8.